The van der Waals surface area contributed by atoms with E-state index in [1.165, 1.54) is 0 Å². The molecule has 3 atom stereocenters. The monoisotopic (exact) mass is 304 g/mol. The van der Waals surface area contributed by atoms with Crippen LogP contribution in [0.2, 0.25) is 0 Å². The van der Waals surface area contributed by atoms with Crippen molar-refractivity contribution in [2.45, 2.75) is 37.9 Å². The molecule has 7 heteroatoms. The first-order valence-corrected chi connectivity index (χ1v) is 7.50. The number of aryl methyl sites for hydroxylation is 1. The molecule has 1 aromatic heterocycles. The van der Waals surface area contributed by atoms with E-state index in [9.17, 15) is 14.4 Å². The number of nitrogens with zero attached hydrogens (tertiary/aromatic N) is 2. The first-order valence-electron chi connectivity index (χ1n) is 7.50. The van der Waals surface area contributed by atoms with Gasteiger partial charge in [0, 0.05) is 25.8 Å². The standard InChI is InChI=1S/C15H20N4O3/c1-9-15(22)19-7-5-10(8-12(19)14(21)16-9)17-13(20)11-4-3-6-18(11)2/h3-4,6,9-10,12H,5,7-8H2,1-2H3,(H,16,21)(H,17,20). The van der Waals surface area contributed by atoms with Crippen molar-refractivity contribution in [2.75, 3.05) is 6.54 Å². The number of carbonyl (C=O) groups is 3. The second kappa shape index (κ2) is 5.47. The van der Waals surface area contributed by atoms with E-state index in [0.29, 0.717) is 25.1 Å². The Labute approximate surface area is 128 Å². The summed E-state index contributed by atoms with van der Waals surface area (Å²) < 4.78 is 1.75. The van der Waals surface area contributed by atoms with Crippen LogP contribution in [0.4, 0.5) is 0 Å². The molecule has 0 aromatic carbocycles. The van der Waals surface area contributed by atoms with Crippen molar-refractivity contribution in [3.8, 4) is 0 Å². The van der Waals surface area contributed by atoms with E-state index in [2.05, 4.69) is 10.6 Å². The quantitative estimate of drug-likeness (QED) is 0.782. The van der Waals surface area contributed by atoms with E-state index < -0.39 is 12.1 Å². The largest absolute Gasteiger partial charge is 0.348 e. The molecule has 3 rings (SSSR count). The van der Waals surface area contributed by atoms with Gasteiger partial charge in [0.05, 0.1) is 0 Å². The minimum atomic E-state index is -0.476. The van der Waals surface area contributed by atoms with E-state index in [1.54, 1.807) is 22.5 Å². The van der Waals surface area contributed by atoms with Gasteiger partial charge in [-0.05, 0) is 31.9 Å². The maximum atomic E-state index is 12.2. The van der Waals surface area contributed by atoms with Gasteiger partial charge >= 0.3 is 0 Å². The number of rotatable bonds is 2. The summed E-state index contributed by atoms with van der Waals surface area (Å²) in [5.41, 5.74) is 0.584. The molecular formula is C15H20N4O3. The number of piperazine rings is 1. The van der Waals surface area contributed by atoms with Crippen molar-refractivity contribution in [2.24, 2.45) is 7.05 Å². The molecule has 3 unspecified atom stereocenters. The van der Waals surface area contributed by atoms with Gasteiger partial charge in [-0.3, -0.25) is 14.4 Å². The zero-order valence-electron chi connectivity index (χ0n) is 12.7. The van der Waals surface area contributed by atoms with Gasteiger partial charge < -0.3 is 20.1 Å². The Morgan fingerprint density at radius 1 is 1.41 bits per heavy atom. The second-order valence-electron chi connectivity index (χ2n) is 5.98. The SMILES string of the molecule is CC1NC(=O)C2CC(NC(=O)c3cccn3C)CCN2C1=O. The zero-order chi connectivity index (χ0) is 15.9. The van der Waals surface area contributed by atoms with Crippen LogP contribution >= 0.6 is 0 Å². The fourth-order valence-corrected chi connectivity index (χ4v) is 3.19. The molecule has 2 aliphatic heterocycles. The predicted molar refractivity (Wildman–Crippen MR) is 79.0 cm³/mol. The summed E-state index contributed by atoms with van der Waals surface area (Å²) in [6, 6.07) is 2.53. The van der Waals surface area contributed by atoms with Crippen molar-refractivity contribution in [1.29, 1.82) is 0 Å². The molecule has 1 aromatic rings. The number of hydrogen-bond donors (Lipinski definition) is 2. The second-order valence-corrected chi connectivity index (χ2v) is 5.98. The van der Waals surface area contributed by atoms with Crippen LogP contribution in [0.25, 0.3) is 0 Å². The van der Waals surface area contributed by atoms with Crippen LogP contribution < -0.4 is 10.6 Å². The van der Waals surface area contributed by atoms with E-state index in [1.807, 2.05) is 19.3 Å². The Hall–Kier alpha value is -2.31. The highest BCUT2D eigenvalue weighted by atomic mass is 16.2. The van der Waals surface area contributed by atoms with Gasteiger partial charge in [-0.15, -0.1) is 0 Å². The maximum Gasteiger partial charge on any atom is 0.268 e. The first kappa shape index (κ1) is 14.6. The zero-order valence-corrected chi connectivity index (χ0v) is 12.7. The molecule has 2 aliphatic rings. The van der Waals surface area contributed by atoms with Gasteiger partial charge in [-0.25, -0.2) is 0 Å². The number of nitrogens with one attached hydrogen (secondary N) is 2. The summed E-state index contributed by atoms with van der Waals surface area (Å²) >= 11 is 0. The molecule has 3 heterocycles. The summed E-state index contributed by atoms with van der Waals surface area (Å²) in [7, 11) is 1.81. The van der Waals surface area contributed by atoms with Crippen molar-refractivity contribution >= 4 is 17.7 Å². The highest BCUT2D eigenvalue weighted by Gasteiger charge is 2.42. The van der Waals surface area contributed by atoms with E-state index >= 15 is 0 Å². The van der Waals surface area contributed by atoms with Crippen LogP contribution in [0.15, 0.2) is 18.3 Å². The molecule has 118 valence electrons. The average Bonchev–Trinajstić information content (AvgIpc) is 2.91. The summed E-state index contributed by atoms with van der Waals surface area (Å²) in [6.07, 6.45) is 2.94. The minimum Gasteiger partial charge on any atom is -0.348 e. The number of fused-ring (bicyclic) bond motifs is 1. The van der Waals surface area contributed by atoms with Crippen LogP contribution in [0.3, 0.4) is 0 Å². The number of aromatic nitrogens is 1. The van der Waals surface area contributed by atoms with Crippen molar-refractivity contribution in [3.63, 3.8) is 0 Å². The Bertz CT molecular complexity index is 624. The summed E-state index contributed by atoms with van der Waals surface area (Å²) in [5, 5.41) is 5.66. The fraction of sp³-hybridized carbons (Fsp3) is 0.533. The Morgan fingerprint density at radius 2 is 2.18 bits per heavy atom. The van der Waals surface area contributed by atoms with Crippen LogP contribution in [-0.4, -0.2) is 51.9 Å². The van der Waals surface area contributed by atoms with Crippen molar-refractivity contribution in [3.05, 3.63) is 24.0 Å². The van der Waals surface area contributed by atoms with Crippen LogP contribution in [0.5, 0.6) is 0 Å². The lowest BCUT2D eigenvalue weighted by molar-refractivity contribution is -0.151. The van der Waals surface area contributed by atoms with Gasteiger partial charge in [0.25, 0.3) is 5.91 Å². The molecule has 22 heavy (non-hydrogen) atoms. The van der Waals surface area contributed by atoms with E-state index in [-0.39, 0.29) is 23.8 Å². The van der Waals surface area contributed by atoms with E-state index in [0.717, 1.165) is 0 Å². The Morgan fingerprint density at radius 3 is 2.86 bits per heavy atom. The third kappa shape index (κ3) is 2.47. The lowest BCUT2D eigenvalue weighted by atomic mass is 9.93. The highest BCUT2D eigenvalue weighted by Crippen LogP contribution is 2.22. The Balaban J connectivity index is 1.67. The number of carbonyl (C=O) groups excluding carboxylic acids is 3. The van der Waals surface area contributed by atoms with Gasteiger partial charge in [0.1, 0.15) is 17.8 Å². The van der Waals surface area contributed by atoms with Crippen LogP contribution in [0.1, 0.15) is 30.3 Å². The normalized spacial score (nSPS) is 28.1. The Kier molecular flexibility index (Phi) is 3.64. The number of amides is 3. The third-order valence-corrected chi connectivity index (χ3v) is 4.43. The molecule has 0 saturated carbocycles. The third-order valence-electron chi connectivity index (χ3n) is 4.43. The molecule has 2 fully saturated rings. The summed E-state index contributed by atoms with van der Waals surface area (Å²) in [5.74, 6) is -0.330. The van der Waals surface area contributed by atoms with Crippen LogP contribution in [0, 0.1) is 0 Å². The maximum absolute atomic E-state index is 12.2. The lowest BCUT2D eigenvalue weighted by Crippen LogP contribution is -2.66. The predicted octanol–water partition coefficient (Wildman–Crippen LogP) is -0.367. The molecule has 0 bridgehead atoms. The smallest absolute Gasteiger partial charge is 0.268 e. The lowest BCUT2D eigenvalue weighted by Gasteiger charge is -2.43. The highest BCUT2D eigenvalue weighted by molar-refractivity contribution is 5.97. The summed E-state index contributed by atoms with van der Waals surface area (Å²) in [6.45, 7) is 2.19. The molecule has 2 N–H and O–H groups in total. The van der Waals surface area contributed by atoms with Crippen molar-refractivity contribution < 1.29 is 14.4 Å². The molecule has 2 saturated heterocycles. The average molecular weight is 304 g/mol. The summed E-state index contributed by atoms with van der Waals surface area (Å²) in [4.78, 5) is 38.0. The number of hydrogen-bond acceptors (Lipinski definition) is 3. The van der Waals surface area contributed by atoms with E-state index in [4.69, 9.17) is 0 Å². The molecule has 7 nitrogen and oxygen atoms in total. The van der Waals surface area contributed by atoms with Crippen molar-refractivity contribution in [1.82, 2.24) is 20.1 Å². The molecular weight excluding hydrogens is 284 g/mol. The molecule has 0 aliphatic carbocycles. The fourth-order valence-electron chi connectivity index (χ4n) is 3.19. The number of piperidine rings is 1. The van der Waals surface area contributed by atoms with Gasteiger partial charge in [-0.1, -0.05) is 0 Å². The molecule has 0 spiro atoms. The molecule has 3 amide bonds. The minimum absolute atomic E-state index is 0.0446. The van der Waals surface area contributed by atoms with Gasteiger partial charge in [-0.2, -0.15) is 0 Å². The van der Waals surface area contributed by atoms with Gasteiger partial charge in [0.15, 0.2) is 0 Å². The van der Waals surface area contributed by atoms with Crippen LogP contribution in [-0.2, 0) is 16.6 Å². The topological polar surface area (TPSA) is 83.4 Å². The molecule has 0 radical (unpaired) electrons. The van der Waals surface area contributed by atoms with Gasteiger partial charge in [0.2, 0.25) is 11.8 Å². The first-order chi connectivity index (χ1) is 10.5.